The zero-order valence-electron chi connectivity index (χ0n) is 8.76. The topological polar surface area (TPSA) is 326 Å². The SMILES string of the molecule is [Fe+3].[Fe+3].[Fe+3].[Fe+3].[O-2].[O-2].[O-2].[O]=[Cr](=[O])([O-])[O-].[O]=[Cr](=[O])([O-])[O-].[O]=[Cr](=[O])([O-])[O-]. The summed E-state index contributed by atoms with van der Waals surface area (Å²) in [6.07, 6.45) is 0. The van der Waals surface area contributed by atoms with E-state index in [0.29, 0.717) is 0 Å². The predicted octanol–water partition coefficient (Wildman–Crippen LogP) is -8.22. The summed E-state index contributed by atoms with van der Waals surface area (Å²) in [5, 5.41) is 0. The molecule has 0 aromatic carbocycles. The second-order valence-electron chi connectivity index (χ2n) is 1.22. The summed E-state index contributed by atoms with van der Waals surface area (Å²) in [7, 11) is 0. The number of hydrogen-bond donors (Lipinski definition) is 0. The molecule has 0 amide bonds. The maximum atomic E-state index is 8.59. The van der Waals surface area contributed by atoms with Gasteiger partial charge in [-0.25, -0.2) is 0 Å². The van der Waals surface area contributed by atoms with Crippen LogP contribution in [0.15, 0.2) is 0 Å². The molecule has 4 radical (unpaired) electrons. The minimum atomic E-state index is -5.75. The molecule has 0 heterocycles. The van der Waals surface area contributed by atoms with Crippen LogP contribution in [-0.2, 0) is 148 Å². The summed E-state index contributed by atoms with van der Waals surface area (Å²) in [5.74, 6) is 0. The summed E-state index contributed by atoms with van der Waals surface area (Å²) in [6, 6.07) is 0. The summed E-state index contributed by atoms with van der Waals surface area (Å²) < 4.78 is 103. The van der Waals surface area contributed by atoms with Crippen LogP contribution in [0.1, 0.15) is 0 Å². The predicted molar refractivity (Wildman–Crippen MR) is 6.18 cm³/mol. The van der Waals surface area contributed by atoms with Gasteiger partial charge in [0.15, 0.2) is 0 Å². The van der Waals surface area contributed by atoms with Gasteiger partial charge < -0.3 is 16.4 Å². The zero-order chi connectivity index (χ0) is 13.5. The summed E-state index contributed by atoms with van der Waals surface area (Å²) in [6.45, 7) is 0. The Labute approximate surface area is 171 Å². The van der Waals surface area contributed by atoms with Crippen LogP contribution < -0.4 is 24.9 Å². The van der Waals surface area contributed by atoms with Crippen molar-refractivity contribution in [2.45, 2.75) is 0 Å². The quantitative estimate of drug-likeness (QED) is 0.228. The van der Waals surface area contributed by atoms with Gasteiger partial charge in [-0.3, -0.25) is 0 Å². The van der Waals surface area contributed by atoms with Crippen LogP contribution in [0.3, 0.4) is 0 Å². The van der Waals surface area contributed by atoms with Gasteiger partial charge >= 0.3 is 157 Å². The molecular weight excluding hydrogens is 619 g/mol. The Morgan fingerprint density at radius 1 is 0.364 bits per heavy atom. The number of rotatable bonds is 0. The van der Waals surface area contributed by atoms with E-state index < -0.39 is 40.8 Å². The van der Waals surface area contributed by atoms with E-state index in [1.54, 1.807) is 0 Å². The third-order valence-corrected chi connectivity index (χ3v) is 0. The normalized spacial score (nSPS) is 7.91. The van der Waals surface area contributed by atoms with Crippen molar-refractivity contribution in [1.29, 1.82) is 0 Å². The van der Waals surface area contributed by atoms with E-state index in [1.165, 1.54) is 0 Å². The molecular formula is Cr3Fe4O15. The molecule has 140 valence electrons. The van der Waals surface area contributed by atoms with Crippen LogP contribution in [-0.4, -0.2) is 0 Å². The van der Waals surface area contributed by atoms with Crippen molar-refractivity contribution in [2.75, 3.05) is 0 Å². The van der Waals surface area contributed by atoms with Gasteiger partial charge in [-0.05, 0) is 0 Å². The first-order chi connectivity index (χ1) is 6.00. The Hall–Kier alpha value is 2.12. The van der Waals surface area contributed by atoms with E-state index >= 15 is 0 Å². The molecule has 0 aliphatic carbocycles. The molecule has 0 N–H and O–H groups in total. The van der Waals surface area contributed by atoms with E-state index in [2.05, 4.69) is 0 Å². The van der Waals surface area contributed by atoms with Crippen molar-refractivity contribution in [3.63, 3.8) is 0 Å². The van der Waals surface area contributed by atoms with Gasteiger partial charge in [0, 0.05) is 0 Å². The Morgan fingerprint density at radius 3 is 0.364 bits per heavy atom. The molecule has 0 aromatic heterocycles. The fraction of sp³-hybridized carbons (Fsp3) is 0. The molecule has 0 saturated heterocycles. The second-order valence-corrected chi connectivity index (χ2v) is 5.05. The molecule has 0 fully saturated rings. The van der Waals surface area contributed by atoms with Gasteiger partial charge in [-0.15, -0.1) is 0 Å². The van der Waals surface area contributed by atoms with Crippen molar-refractivity contribution in [1.82, 2.24) is 0 Å². The van der Waals surface area contributed by atoms with Gasteiger partial charge in [-0.2, -0.15) is 0 Å². The second kappa shape index (κ2) is 27.9. The van der Waals surface area contributed by atoms with E-state index in [4.69, 9.17) is 47.8 Å². The molecule has 0 saturated carbocycles. The van der Waals surface area contributed by atoms with Gasteiger partial charge in [0.05, 0.1) is 0 Å². The van der Waals surface area contributed by atoms with Crippen molar-refractivity contribution in [3.05, 3.63) is 0 Å². The molecule has 0 rings (SSSR count). The van der Waals surface area contributed by atoms with Crippen LogP contribution in [0.25, 0.3) is 0 Å². The average Bonchev–Trinajstić information content (AvgIpc) is 1.41. The Kier molecular flexibility index (Phi) is 82.1. The molecule has 22 heavy (non-hydrogen) atoms. The van der Waals surface area contributed by atoms with Crippen molar-refractivity contribution in [3.8, 4) is 0 Å². The fourth-order valence-electron chi connectivity index (χ4n) is 0. The molecule has 22 heteroatoms. The van der Waals surface area contributed by atoms with Gasteiger partial charge in [0.25, 0.3) is 0 Å². The monoisotopic (exact) mass is 619 g/mol. The van der Waals surface area contributed by atoms with Crippen molar-refractivity contribution in [2.24, 2.45) is 0 Å². The standard InChI is InChI=1S/3Cr.4Fe.15O/q;;;4*+3;;;;;;;3*-2;6*-1. The first kappa shape index (κ1) is 64.7. The fourth-order valence-corrected chi connectivity index (χ4v) is 0. The van der Waals surface area contributed by atoms with E-state index in [-0.39, 0.29) is 84.7 Å². The first-order valence-electron chi connectivity index (χ1n) is 2.00. The van der Waals surface area contributed by atoms with Gasteiger partial charge in [0.2, 0.25) is 0 Å². The number of hydrogen-bond acceptors (Lipinski definition) is 12. The molecule has 0 spiro atoms. The summed E-state index contributed by atoms with van der Waals surface area (Å²) in [4.78, 5) is 0. The summed E-state index contributed by atoms with van der Waals surface area (Å²) in [5.41, 5.74) is 0. The Morgan fingerprint density at radius 2 is 0.364 bits per heavy atom. The van der Waals surface area contributed by atoms with Crippen LogP contribution in [0, 0.1) is 0 Å². The zero-order valence-corrected chi connectivity index (χ0v) is 17.0. The van der Waals surface area contributed by atoms with E-state index in [0.717, 1.165) is 0 Å². The van der Waals surface area contributed by atoms with Crippen LogP contribution in [0.4, 0.5) is 0 Å². The van der Waals surface area contributed by atoms with Crippen molar-refractivity contribution >= 4 is 0 Å². The van der Waals surface area contributed by atoms with Crippen LogP contribution in [0.2, 0.25) is 0 Å². The molecule has 0 atom stereocenters. The van der Waals surface area contributed by atoms with Crippen molar-refractivity contribution < 1.29 is 173 Å². The van der Waals surface area contributed by atoms with Crippen LogP contribution >= 0.6 is 0 Å². The molecule has 15 nitrogen and oxygen atoms in total. The van der Waals surface area contributed by atoms with E-state index in [9.17, 15) is 0 Å². The molecule has 0 aliphatic heterocycles. The van der Waals surface area contributed by atoms with Crippen LogP contribution in [0.5, 0.6) is 0 Å². The van der Waals surface area contributed by atoms with Gasteiger partial charge in [0.1, 0.15) is 0 Å². The Balaban J connectivity index is -0.0000000106. The molecule has 0 unspecified atom stereocenters. The molecule has 0 bridgehead atoms. The third kappa shape index (κ3) is 2200. The van der Waals surface area contributed by atoms with Gasteiger partial charge in [-0.1, -0.05) is 0 Å². The third-order valence-electron chi connectivity index (χ3n) is 0. The van der Waals surface area contributed by atoms with E-state index in [1.807, 2.05) is 0 Å². The average molecular weight is 619 g/mol. The molecule has 0 aromatic rings. The minimum absolute atomic E-state index is 0. The Bertz CT molecular complexity index is 348. The summed E-state index contributed by atoms with van der Waals surface area (Å²) >= 11 is -17.2. The maximum absolute atomic E-state index is 8.59. The molecule has 0 aliphatic rings. The first-order valence-corrected chi connectivity index (χ1v) is 8.25.